The molecular formula is C16H16FNO4. The van der Waals surface area contributed by atoms with Crippen LogP contribution in [0.5, 0.6) is 11.6 Å². The third-order valence-corrected chi connectivity index (χ3v) is 3.28. The summed E-state index contributed by atoms with van der Waals surface area (Å²) in [6, 6.07) is 4.68. The van der Waals surface area contributed by atoms with Crippen molar-refractivity contribution in [2.75, 3.05) is 21.3 Å². The molecule has 1 aromatic carbocycles. The van der Waals surface area contributed by atoms with Crippen molar-refractivity contribution >= 4 is 5.97 Å². The van der Waals surface area contributed by atoms with Gasteiger partial charge in [0.05, 0.1) is 33.1 Å². The van der Waals surface area contributed by atoms with Gasteiger partial charge in [-0.2, -0.15) is 0 Å². The molecule has 1 aromatic heterocycles. The average molecular weight is 305 g/mol. The van der Waals surface area contributed by atoms with E-state index < -0.39 is 11.8 Å². The fourth-order valence-electron chi connectivity index (χ4n) is 2.13. The van der Waals surface area contributed by atoms with Gasteiger partial charge in [-0.25, -0.2) is 14.2 Å². The van der Waals surface area contributed by atoms with Gasteiger partial charge in [0.1, 0.15) is 11.6 Å². The number of carbonyl (C=O) groups is 1. The van der Waals surface area contributed by atoms with Gasteiger partial charge in [-0.1, -0.05) is 0 Å². The Labute approximate surface area is 127 Å². The molecule has 0 N–H and O–H groups in total. The summed E-state index contributed by atoms with van der Waals surface area (Å²) in [5, 5.41) is 0. The van der Waals surface area contributed by atoms with Crippen LogP contribution in [0.4, 0.5) is 4.39 Å². The minimum Gasteiger partial charge on any atom is -0.496 e. The predicted octanol–water partition coefficient (Wildman–Crippen LogP) is 3.00. The van der Waals surface area contributed by atoms with Crippen LogP contribution in [0, 0.1) is 12.7 Å². The van der Waals surface area contributed by atoms with Crippen LogP contribution >= 0.6 is 0 Å². The lowest BCUT2D eigenvalue weighted by Crippen LogP contribution is -2.05. The second-order valence-corrected chi connectivity index (χ2v) is 4.57. The lowest BCUT2D eigenvalue weighted by molar-refractivity contribution is 0.0599. The van der Waals surface area contributed by atoms with Crippen LogP contribution < -0.4 is 9.47 Å². The largest absolute Gasteiger partial charge is 0.496 e. The molecule has 0 radical (unpaired) electrons. The first-order chi connectivity index (χ1) is 10.5. The number of nitrogens with zero attached hydrogens (tertiary/aromatic N) is 1. The Kier molecular flexibility index (Phi) is 4.60. The molecule has 0 bridgehead atoms. The molecule has 0 aliphatic carbocycles. The lowest BCUT2D eigenvalue weighted by atomic mass is 9.98. The van der Waals surface area contributed by atoms with Gasteiger partial charge in [-0.05, 0) is 24.6 Å². The van der Waals surface area contributed by atoms with E-state index in [9.17, 15) is 9.18 Å². The maximum absolute atomic E-state index is 14.1. The van der Waals surface area contributed by atoms with Gasteiger partial charge in [0.25, 0.3) is 0 Å². The molecule has 0 unspecified atom stereocenters. The molecule has 2 aromatic rings. The molecule has 0 atom stereocenters. The zero-order valence-corrected chi connectivity index (χ0v) is 12.8. The summed E-state index contributed by atoms with van der Waals surface area (Å²) in [7, 11) is 4.20. The minimum atomic E-state index is -0.510. The van der Waals surface area contributed by atoms with Crippen molar-refractivity contribution in [3.05, 3.63) is 41.3 Å². The van der Waals surface area contributed by atoms with Gasteiger partial charge in [-0.3, -0.25) is 0 Å². The van der Waals surface area contributed by atoms with Gasteiger partial charge in [-0.15, -0.1) is 0 Å². The molecule has 0 saturated carbocycles. The monoisotopic (exact) mass is 305 g/mol. The van der Waals surface area contributed by atoms with Crippen molar-refractivity contribution < 1.29 is 23.4 Å². The lowest BCUT2D eigenvalue weighted by Gasteiger charge is -2.14. The second-order valence-electron chi connectivity index (χ2n) is 4.57. The Morgan fingerprint density at radius 3 is 2.41 bits per heavy atom. The molecule has 116 valence electrons. The first kappa shape index (κ1) is 15.8. The summed E-state index contributed by atoms with van der Waals surface area (Å²) < 4.78 is 29.1. The fourth-order valence-corrected chi connectivity index (χ4v) is 2.13. The number of carbonyl (C=O) groups excluding carboxylic acids is 1. The molecule has 0 saturated heterocycles. The number of halogens is 1. The summed E-state index contributed by atoms with van der Waals surface area (Å²) in [5.74, 6) is -0.342. The molecule has 0 aliphatic heterocycles. The smallest absolute Gasteiger partial charge is 0.338 e. The Balaban J connectivity index is 2.65. The predicted molar refractivity (Wildman–Crippen MR) is 78.8 cm³/mol. The molecule has 0 amide bonds. The average Bonchev–Trinajstić information content (AvgIpc) is 2.54. The van der Waals surface area contributed by atoms with Gasteiger partial charge < -0.3 is 14.2 Å². The Hall–Kier alpha value is -2.63. The summed E-state index contributed by atoms with van der Waals surface area (Å²) in [6.07, 6.45) is 1.08. The van der Waals surface area contributed by atoms with E-state index in [-0.39, 0.29) is 11.4 Å². The summed E-state index contributed by atoms with van der Waals surface area (Å²) in [4.78, 5) is 15.5. The highest BCUT2D eigenvalue weighted by Crippen LogP contribution is 2.35. The fraction of sp³-hybridized carbons (Fsp3) is 0.250. The van der Waals surface area contributed by atoms with Crippen molar-refractivity contribution in [1.82, 2.24) is 4.98 Å². The van der Waals surface area contributed by atoms with E-state index in [1.165, 1.54) is 33.5 Å². The van der Waals surface area contributed by atoms with Crippen LogP contribution in [-0.4, -0.2) is 32.3 Å². The second kappa shape index (κ2) is 6.43. The van der Waals surface area contributed by atoms with Crippen molar-refractivity contribution in [1.29, 1.82) is 0 Å². The SMILES string of the molecule is COC(=O)c1cc(OC)c(-c2cc(OC)ncc2F)cc1C. The van der Waals surface area contributed by atoms with E-state index in [1.807, 2.05) is 0 Å². The number of ether oxygens (including phenoxy) is 3. The van der Waals surface area contributed by atoms with Crippen molar-refractivity contribution in [2.24, 2.45) is 0 Å². The zero-order chi connectivity index (χ0) is 16.3. The van der Waals surface area contributed by atoms with Crippen molar-refractivity contribution in [2.45, 2.75) is 6.92 Å². The van der Waals surface area contributed by atoms with E-state index in [4.69, 9.17) is 14.2 Å². The van der Waals surface area contributed by atoms with E-state index in [0.717, 1.165) is 6.20 Å². The van der Waals surface area contributed by atoms with E-state index in [2.05, 4.69) is 4.98 Å². The quantitative estimate of drug-likeness (QED) is 0.813. The van der Waals surface area contributed by atoms with Crippen LogP contribution in [0.25, 0.3) is 11.1 Å². The maximum atomic E-state index is 14.1. The Morgan fingerprint density at radius 2 is 1.82 bits per heavy atom. The summed E-state index contributed by atoms with van der Waals surface area (Å²) in [6.45, 7) is 1.74. The number of esters is 1. The molecule has 5 nitrogen and oxygen atoms in total. The number of aromatic nitrogens is 1. The highest BCUT2D eigenvalue weighted by atomic mass is 19.1. The van der Waals surface area contributed by atoms with Crippen LogP contribution in [0.3, 0.4) is 0 Å². The van der Waals surface area contributed by atoms with Gasteiger partial charge >= 0.3 is 5.97 Å². The number of rotatable bonds is 4. The molecule has 22 heavy (non-hydrogen) atoms. The summed E-state index contributed by atoms with van der Waals surface area (Å²) in [5.41, 5.74) is 1.80. The Bertz CT molecular complexity index is 716. The first-order valence-electron chi connectivity index (χ1n) is 6.48. The van der Waals surface area contributed by atoms with Crippen LogP contribution in [0.2, 0.25) is 0 Å². The van der Waals surface area contributed by atoms with E-state index in [1.54, 1.807) is 13.0 Å². The molecule has 2 rings (SSSR count). The molecule has 6 heteroatoms. The summed E-state index contributed by atoms with van der Waals surface area (Å²) >= 11 is 0. The molecule has 1 heterocycles. The highest BCUT2D eigenvalue weighted by Gasteiger charge is 2.18. The van der Waals surface area contributed by atoms with Crippen LogP contribution in [0.1, 0.15) is 15.9 Å². The topological polar surface area (TPSA) is 57.7 Å². The number of aryl methyl sites for hydroxylation is 1. The van der Waals surface area contributed by atoms with E-state index in [0.29, 0.717) is 22.4 Å². The van der Waals surface area contributed by atoms with Gasteiger partial charge in [0.15, 0.2) is 0 Å². The normalized spacial score (nSPS) is 10.2. The number of hydrogen-bond donors (Lipinski definition) is 0. The van der Waals surface area contributed by atoms with Crippen molar-refractivity contribution in [3.63, 3.8) is 0 Å². The Morgan fingerprint density at radius 1 is 1.09 bits per heavy atom. The first-order valence-corrected chi connectivity index (χ1v) is 6.48. The van der Waals surface area contributed by atoms with Crippen LogP contribution in [-0.2, 0) is 4.74 Å². The maximum Gasteiger partial charge on any atom is 0.338 e. The number of hydrogen-bond acceptors (Lipinski definition) is 5. The minimum absolute atomic E-state index is 0.281. The molecule has 0 spiro atoms. The standard InChI is InChI=1S/C16H16FNO4/c1-9-5-12(11-7-15(21-3)18-8-13(11)17)14(20-2)6-10(9)16(19)22-4/h5-8H,1-4H3. The third-order valence-electron chi connectivity index (χ3n) is 3.28. The number of pyridine rings is 1. The van der Waals surface area contributed by atoms with Gasteiger partial charge in [0.2, 0.25) is 5.88 Å². The van der Waals surface area contributed by atoms with E-state index >= 15 is 0 Å². The number of methoxy groups -OCH3 is 3. The van der Waals surface area contributed by atoms with Gasteiger partial charge in [0, 0.05) is 17.2 Å². The molecule has 0 fully saturated rings. The number of benzene rings is 1. The highest BCUT2D eigenvalue weighted by molar-refractivity contribution is 5.93. The van der Waals surface area contributed by atoms with Crippen molar-refractivity contribution in [3.8, 4) is 22.8 Å². The molecular weight excluding hydrogens is 289 g/mol. The zero-order valence-electron chi connectivity index (χ0n) is 12.8. The van der Waals surface area contributed by atoms with Crippen LogP contribution in [0.15, 0.2) is 24.4 Å². The third kappa shape index (κ3) is 2.86. The molecule has 0 aliphatic rings.